The van der Waals surface area contributed by atoms with Crippen molar-refractivity contribution in [3.05, 3.63) is 0 Å². The Kier molecular flexibility index (Phi) is 8.97. The van der Waals surface area contributed by atoms with E-state index in [9.17, 15) is 0 Å². The molecule has 0 aliphatic heterocycles. The number of hydrogen-bond acceptors (Lipinski definition) is 2. The summed E-state index contributed by atoms with van der Waals surface area (Å²) in [6.07, 6.45) is 4.86. The molecular weight excluding hydrogens is 314 g/mol. The lowest BCUT2D eigenvalue weighted by atomic mass is 9.78. The SMILES string of the molecule is C[C@@H]1[C@H](C)CCC[C@H]1NC(=S)NNC(=S)NCCC[NH+](C)C. The fraction of sp³-hybridized carbons (Fsp3) is 0.867. The third-order valence-corrected chi connectivity index (χ3v) is 4.92. The number of hydrogen-bond donors (Lipinski definition) is 5. The molecule has 3 atom stereocenters. The number of rotatable bonds is 5. The van der Waals surface area contributed by atoms with E-state index < -0.39 is 0 Å². The van der Waals surface area contributed by atoms with Crippen LogP contribution in [-0.2, 0) is 0 Å². The lowest BCUT2D eigenvalue weighted by Gasteiger charge is -2.35. The predicted octanol–water partition coefficient (Wildman–Crippen LogP) is 0.189. The van der Waals surface area contributed by atoms with Crippen LogP contribution in [-0.4, -0.2) is 43.5 Å². The Hall–Kier alpha value is -0.660. The molecule has 1 fully saturated rings. The van der Waals surface area contributed by atoms with E-state index >= 15 is 0 Å². The summed E-state index contributed by atoms with van der Waals surface area (Å²) in [5.41, 5.74) is 5.92. The smallest absolute Gasteiger partial charge is 0.185 e. The van der Waals surface area contributed by atoms with Crippen LogP contribution in [0.4, 0.5) is 0 Å². The van der Waals surface area contributed by atoms with Crippen molar-refractivity contribution >= 4 is 34.7 Å². The van der Waals surface area contributed by atoms with Crippen molar-refractivity contribution in [2.75, 3.05) is 27.2 Å². The zero-order chi connectivity index (χ0) is 16.5. The molecule has 0 aromatic heterocycles. The van der Waals surface area contributed by atoms with E-state index in [0.717, 1.165) is 25.4 Å². The molecule has 0 amide bonds. The summed E-state index contributed by atoms with van der Waals surface area (Å²) in [6, 6.07) is 0.454. The number of quaternary nitrogens is 1. The van der Waals surface area contributed by atoms with Gasteiger partial charge >= 0.3 is 0 Å². The van der Waals surface area contributed by atoms with Gasteiger partial charge in [0.05, 0.1) is 20.6 Å². The fourth-order valence-corrected chi connectivity index (χ4v) is 3.15. The first-order valence-corrected chi connectivity index (χ1v) is 9.11. The minimum absolute atomic E-state index is 0.454. The van der Waals surface area contributed by atoms with Crippen molar-refractivity contribution in [3.63, 3.8) is 0 Å². The molecule has 0 radical (unpaired) electrons. The Morgan fingerprint density at radius 1 is 1.09 bits per heavy atom. The van der Waals surface area contributed by atoms with Gasteiger partial charge in [-0.1, -0.05) is 26.7 Å². The van der Waals surface area contributed by atoms with E-state index in [4.69, 9.17) is 24.4 Å². The van der Waals surface area contributed by atoms with Gasteiger partial charge in [0.15, 0.2) is 10.2 Å². The molecule has 0 saturated heterocycles. The van der Waals surface area contributed by atoms with Crippen molar-refractivity contribution < 1.29 is 4.90 Å². The first-order valence-electron chi connectivity index (χ1n) is 8.29. The molecule has 0 unspecified atom stereocenters. The Bertz CT molecular complexity index is 362. The van der Waals surface area contributed by atoms with Crippen molar-refractivity contribution in [1.82, 2.24) is 21.5 Å². The molecule has 0 aromatic carbocycles. The van der Waals surface area contributed by atoms with Crippen LogP contribution in [0.1, 0.15) is 39.5 Å². The number of nitrogens with one attached hydrogen (secondary N) is 5. The van der Waals surface area contributed by atoms with E-state index in [1.165, 1.54) is 24.2 Å². The molecule has 7 heteroatoms. The predicted molar refractivity (Wildman–Crippen MR) is 101 cm³/mol. The molecular formula is C15H32N5S2+. The van der Waals surface area contributed by atoms with Crippen LogP contribution in [0.2, 0.25) is 0 Å². The molecule has 0 spiro atoms. The van der Waals surface area contributed by atoms with Crippen LogP contribution in [0.5, 0.6) is 0 Å². The fourth-order valence-electron chi connectivity index (χ4n) is 2.79. The molecule has 0 bridgehead atoms. The highest BCUT2D eigenvalue weighted by atomic mass is 32.1. The molecule has 5 nitrogen and oxygen atoms in total. The zero-order valence-electron chi connectivity index (χ0n) is 14.3. The lowest BCUT2D eigenvalue weighted by molar-refractivity contribution is -0.858. The van der Waals surface area contributed by atoms with E-state index in [1.807, 2.05) is 0 Å². The van der Waals surface area contributed by atoms with Gasteiger partial charge in [0, 0.05) is 19.0 Å². The van der Waals surface area contributed by atoms with Gasteiger partial charge in [-0.2, -0.15) is 0 Å². The summed E-state index contributed by atoms with van der Waals surface area (Å²) in [7, 11) is 4.30. The monoisotopic (exact) mass is 346 g/mol. The number of hydrazine groups is 1. The average Bonchev–Trinajstić information content (AvgIpc) is 2.46. The van der Waals surface area contributed by atoms with Crippen LogP contribution in [0.3, 0.4) is 0 Å². The molecule has 22 heavy (non-hydrogen) atoms. The third kappa shape index (κ3) is 7.56. The van der Waals surface area contributed by atoms with Crippen LogP contribution in [0, 0.1) is 11.8 Å². The van der Waals surface area contributed by atoms with E-state index in [0.29, 0.717) is 22.2 Å². The van der Waals surface area contributed by atoms with Gasteiger partial charge in [-0.25, -0.2) is 0 Å². The summed E-state index contributed by atoms with van der Waals surface area (Å²) < 4.78 is 0. The maximum Gasteiger partial charge on any atom is 0.185 e. The Morgan fingerprint density at radius 2 is 1.77 bits per heavy atom. The molecule has 128 valence electrons. The minimum atomic E-state index is 0.454. The van der Waals surface area contributed by atoms with Crippen LogP contribution < -0.4 is 26.4 Å². The maximum absolute atomic E-state index is 5.34. The van der Waals surface area contributed by atoms with Gasteiger partial charge in [-0.05, 0) is 42.7 Å². The molecule has 1 rings (SSSR count). The summed E-state index contributed by atoms with van der Waals surface area (Å²) in [4.78, 5) is 1.44. The molecule has 0 heterocycles. The van der Waals surface area contributed by atoms with Gasteiger partial charge in [-0.3, -0.25) is 10.9 Å². The first-order chi connectivity index (χ1) is 10.4. The molecule has 1 aliphatic rings. The topological polar surface area (TPSA) is 52.6 Å². The van der Waals surface area contributed by atoms with Crippen molar-refractivity contribution in [2.24, 2.45) is 11.8 Å². The molecule has 1 saturated carbocycles. The van der Waals surface area contributed by atoms with Crippen molar-refractivity contribution in [2.45, 2.75) is 45.6 Å². The average molecular weight is 347 g/mol. The minimum Gasteiger partial charge on any atom is -0.361 e. The molecule has 1 aliphatic carbocycles. The summed E-state index contributed by atoms with van der Waals surface area (Å²) in [5, 5.41) is 7.78. The normalized spacial score (nSPS) is 24.7. The Labute approximate surface area is 145 Å². The zero-order valence-corrected chi connectivity index (χ0v) is 15.9. The van der Waals surface area contributed by atoms with E-state index in [-0.39, 0.29) is 0 Å². The highest BCUT2D eigenvalue weighted by molar-refractivity contribution is 7.80. The Balaban J connectivity index is 2.15. The highest BCUT2D eigenvalue weighted by Crippen LogP contribution is 2.29. The molecule has 0 aromatic rings. The summed E-state index contributed by atoms with van der Waals surface area (Å²) in [5.74, 6) is 1.40. The second kappa shape index (κ2) is 10.2. The maximum atomic E-state index is 5.34. The largest absolute Gasteiger partial charge is 0.361 e. The number of thiocarbonyl (C=S) groups is 2. The van der Waals surface area contributed by atoms with Gasteiger partial charge < -0.3 is 15.5 Å². The van der Waals surface area contributed by atoms with Crippen molar-refractivity contribution in [3.8, 4) is 0 Å². The van der Waals surface area contributed by atoms with E-state index in [1.54, 1.807) is 0 Å². The molecule has 5 N–H and O–H groups in total. The standard InChI is InChI=1S/C15H31N5S2/c1-11-7-5-8-13(12(11)2)17-15(22)19-18-14(21)16-9-6-10-20(3)4/h11-13H,5-10H2,1-4H3,(H2,16,18,21)(H2,17,19,22)/p+1/t11-,12-,13-/m1/s1. The first kappa shape index (κ1) is 19.4. The van der Waals surface area contributed by atoms with Gasteiger partial charge in [-0.15, -0.1) is 0 Å². The van der Waals surface area contributed by atoms with Gasteiger partial charge in [0.2, 0.25) is 0 Å². The van der Waals surface area contributed by atoms with Crippen LogP contribution in [0.15, 0.2) is 0 Å². The van der Waals surface area contributed by atoms with Gasteiger partial charge in [0.1, 0.15) is 0 Å². The summed E-state index contributed by atoms with van der Waals surface area (Å²) >= 11 is 10.6. The quantitative estimate of drug-likeness (QED) is 0.278. The van der Waals surface area contributed by atoms with E-state index in [2.05, 4.69) is 49.4 Å². The van der Waals surface area contributed by atoms with Crippen LogP contribution >= 0.6 is 24.4 Å². The third-order valence-electron chi connectivity index (χ3n) is 4.45. The van der Waals surface area contributed by atoms with Crippen molar-refractivity contribution in [1.29, 1.82) is 0 Å². The lowest BCUT2D eigenvalue weighted by Crippen LogP contribution is -3.05. The van der Waals surface area contributed by atoms with Gasteiger partial charge in [0.25, 0.3) is 0 Å². The van der Waals surface area contributed by atoms with Crippen LogP contribution in [0.25, 0.3) is 0 Å². The second-order valence-electron chi connectivity index (χ2n) is 6.66. The second-order valence-corrected chi connectivity index (χ2v) is 7.48. The highest BCUT2D eigenvalue weighted by Gasteiger charge is 2.27. The Morgan fingerprint density at radius 3 is 2.45 bits per heavy atom. The summed E-state index contributed by atoms with van der Waals surface area (Å²) in [6.45, 7) is 6.62.